The van der Waals surface area contributed by atoms with Crippen molar-refractivity contribution in [2.45, 2.75) is 25.7 Å². The van der Waals surface area contributed by atoms with E-state index in [0.29, 0.717) is 21.9 Å². The van der Waals surface area contributed by atoms with Crippen LogP contribution in [0.5, 0.6) is 5.75 Å². The Bertz CT molecular complexity index is 1920. The predicted molar refractivity (Wildman–Crippen MR) is 154 cm³/mol. The second kappa shape index (κ2) is 12.3. The first-order valence-electron chi connectivity index (χ1n) is 12.9. The van der Waals surface area contributed by atoms with Gasteiger partial charge in [0.15, 0.2) is 10.5 Å². The van der Waals surface area contributed by atoms with Crippen LogP contribution in [0, 0.1) is 11.3 Å². The van der Waals surface area contributed by atoms with Crippen LogP contribution < -0.4 is 19.6 Å². The Hall–Kier alpha value is -4.66. The summed E-state index contributed by atoms with van der Waals surface area (Å²) in [5.41, 5.74) is -0.556. The Morgan fingerprint density at radius 2 is 1.77 bits per heavy atom. The largest absolute Gasteiger partial charge is 0.489 e. The van der Waals surface area contributed by atoms with Crippen molar-refractivity contribution >= 4 is 35.0 Å². The quantitative estimate of drug-likeness (QED) is 0.256. The molecule has 2 heterocycles. The predicted octanol–water partition coefficient (Wildman–Crippen LogP) is 5.44. The van der Waals surface area contributed by atoms with Crippen LogP contribution in [-0.2, 0) is 16.1 Å². The van der Waals surface area contributed by atoms with E-state index in [1.807, 2.05) is 0 Å². The van der Waals surface area contributed by atoms with E-state index in [-0.39, 0.29) is 28.1 Å². The number of ether oxygens (including phenoxy) is 2. The summed E-state index contributed by atoms with van der Waals surface area (Å²) >= 11 is 6.79. The molecular formula is C31H21ClF3N3O4S. The SMILES string of the molecule is CCOC(=O)C1=C(C(F)(F)F)N=c2s/c(=C\c3ccc(OCc4ccc(C#N)cc4)cc3)c(=O)n2[C@@H]1c1ccc(Cl)cc1. The summed E-state index contributed by atoms with van der Waals surface area (Å²) in [6.07, 6.45) is -3.45. The van der Waals surface area contributed by atoms with Crippen molar-refractivity contribution in [1.29, 1.82) is 5.26 Å². The highest BCUT2D eigenvalue weighted by atomic mass is 35.5. The summed E-state index contributed by atoms with van der Waals surface area (Å²) in [6.45, 7) is 1.58. The summed E-state index contributed by atoms with van der Waals surface area (Å²) in [5, 5.41) is 9.26. The molecule has 0 unspecified atom stereocenters. The maximum atomic E-state index is 14.2. The lowest BCUT2D eigenvalue weighted by molar-refractivity contribution is -0.140. The van der Waals surface area contributed by atoms with E-state index >= 15 is 0 Å². The number of carbonyl (C=O) groups excluding carboxylic acids is 1. The van der Waals surface area contributed by atoms with Gasteiger partial charge < -0.3 is 9.47 Å². The number of nitriles is 1. The Labute approximate surface area is 252 Å². The second-order valence-electron chi connectivity index (χ2n) is 9.28. The standard InChI is InChI=1S/C31H21ClF3N3O4S/c1-2-41-29(40)25-26(21-9-11-22(32)12-10-21)38-28(39)24(43-30(38)37-27(25)31(33,34)35)15-18-7-13-23(14-8-18)42-17-20-5-3-19(16-36)4-6-20/h3-15,26H,2,17H2,1H3/b24-15-/t26-/m1/s1. The smallest absolute Gasteiger partial charge is 0.434 e. The third kappa shape index (κ3) is 6.40. The van der Waals surface area contributed by atoms with Crippen LogP contribution in [0.2, 0.25) is 5.02 Å². The molecule has 218 valence electrons. The van der Waals surface area contributed by atoms with Crippen molar-refractivity contribution in [1.82, 2.24) is 4.57 Å². The molecule has 1 atom stereocenters. The summed E-state index contributed by atoms with van der Waals surface area (Å²) in [5.74, 6) is -0.663. The molecule has 0 aliphatic carbocycles. The van der Waals surface area contributed by atoms with Crippen LogP contribution in [0.25, 0.3) is 6.08 Å². The zero-order valence-electron chi connectivity index (χ0n) is 22.4. The molecule has 12 heteroatoms. The number of nitrogens with zero attached hydrogens (tertiary/aromatic N) is 3. The van der Waals surface area contributed by atoms with Crippen molar-refractivity contribution in [3.05, 3.63) is 131 Å². The van der Waals surface area contributed by atoms with Crippen molar-refractivity contribution in [2.75, 3.05) is 6.61 Å². The molecule has 4 aromatic rings. The molecule has 0 saturated heterocycles. The van der Waals surface area contributed by atoms with Crippen molar-refractivity contribution < 1.29 is 27.4 Å². The molecule has 0 fully saturated rings. The highest BCUT2D eigenvalue weighted by Crippen LogP contribution is 2.38. The first-order valence-corrected chi connectivity index (χ1v) is 14.1. The number of fused-ring (bicyclic) bond motifs is 1. The van der Waals surface area contributed by atoms with Gasteiger partial charge in [-0.25, -0.2) is 9.79 Å². The molecule has 1 aliphatic rings. The van der Waals surface area contributed by atoms with Crippen molar-refractivity contribution in [3.63, 3.8) is 0 Å². The number of hydrogen-bond donors (Lipinski definition) is 0. The summed E-state index contributed by atoms with van der Waals surface area (Å²) in [4.78, 5) is 30.1. The van der Waals surface area contributed by atoms with Gasteiger partial charge in [-0.3, -0.25) is 9.36 Å². The van der Waals surface area contributed by atoms with E-state index < -0.39 is 35.0 Å². The molecule has 1 aromatic heterocycles. The van der Waals surface area contributed by atoms with Crippen molar-refractivity contribution in [3.8, 4) is 11.8 Å². The molecule has 0 N–H and O–H groups in total. The number of benzene rings is 3. The van der Waals surface area contributed by atoms with Crippen LogP contribution in [0.3, 0.4) is 0 Å². The number of halogens is 4. The van der Waals surface area contributed by atoms with Crippen LogP contribution in [-0.4, -0.2) is 23.3 Å². The second-order valence-corrected chi connectivity index (χ2v) is 10.7. The first-order chi connectivity index (χ1) is 20.6. The van der Waals surface area contributed by atoms with Gasteiger partial charge in [0.2, 0.25) is 0 Å². The number of rotatable bonds is 7. The number of aromatic nitrogens is 1. The van der Waals surface area contributed by atoms with Gasteiger partial charge in [-0.05, 0) is 66.1 Å². The van der Waals surface area contributed by atoms with Crippen molar-refractivity contribution in [2.24, 2.45) is 4.99 Å². The Morgan fingerprint density at radius 1 is 1.09 bits per heavy atom. The van der Waals surface area contributed by atoms with Crippen LogP contribution in [0.15, 0.2) is 93.9 Å². The van der Waals surface area contributed by atoms with E-state index in [9.17, 15) is 22.8 Å². The number of hydrogen-bond acceptors (Lipinski definition) is 7. The molecule has 43 heavy (non-hydrogen) atoms. The van der Waals surface area contributed by atoms with Crippen LogP contribution >= 0.6 is 22.9 Å². The summed E-state index contributed by atoms with van der Waals surface area (Å²) < 4.78 is 54.7. The lowest BCUT2D eigenvalue weighted by Crippen LogP contribution is -2.41. The molecular weight excluding hydrogens is 603 g/mol. The maximum Gasteiger partial charge on any atom is 0.434 e. The average molecular weight is 624 g/mol. The minimum absolute atomic E-state index is 0.121. The molecule has 7 nitrogen and oxygen atoms in total. The molecule has 0 radical (unpaired) electrons. The van der Waals surface area contributed by atoms with Gasteiger partial charge in [0.1, 0.15) is 12.4 Å². The lowest BCUT2D eigenvalue weighted by Gasteiger charge is -2.26. The fourth-order valence-electron chi connectivity index (χ4n) is 4.45. The van der Waals surface area contributed by atoms with Gasteiger partial charge in [0.05, 0.1) is 34.4 Å². The average Bonchev–Trinajstić information content (AvgIpc) is 3.30. The molecule has 0 saturated carbocycles. The third-order valence-electron chi connectivity index (χ3n) is 6.45. The normalized spacial score (nSPS) is 15.0. The molecule has 0 amide bonds. The lowest BCUT2D eigenvalue weighted by atomic mass is 9.95. The van der Waals surface area contributed by atoms with E-state index in [4.69, 9.17) is 26.3 Å². The van der Waals surface area contributed by atoms with Gasteiger partial charge in [0, 0.05) is 5.02 Å². The maximum absolute atomic E-state index is 14.2. The minimum Gasteiger partial charge on any atom is -0.489 e. The van der Waals surface area contributed by atoms with Gasteiger partial charge in [-0.15, -0.1) is 0 Å². The van der Waals surface area contributed by atoms with E-state index in [2.05, 4.69) is 11.1 Å². The number of allylic oxidation sites excluding steroid dienone is 1. The summed E-state index contributed by atoms with van der Waals surface area (Å²) in [7, 11) is 0. The molecule has 3 aromatic carbocycles. The third-order valence-corrected chi connectivity index (χ3v) is 7.68. The van der Waals surface area contributed by atoms with E-state index in [0.717, 1.165) is 21.5 Å². The van der Waals surface area contributed by atoms with Gasteiger partial charge >= 0.3 is 12.1 Å². The molecule has 0 bridgehead atoms. The fraction of sp³-hybridized carbons (Fsp3) is 0.161. The fourth-order valence-corrected chi connectivity index (χ4v) is 5.58. The molecule has 1 aliphatic heterocycles. The molecule has 5 rings (SSSR count). The van der Waals surface area contributed by atoms with E-state index in [1.165, 1.54) is 37.3 Å². The molecule has 0 spiro atoms. The monoisotopic (exact) mass is 623 g/mol. The van der Waals surface area contributed by atoms with Gasteiger partial charge in [0.25, 0.3) is 5.56 Å². The number of carbonyl (C=O) groups is 1. The first kappa shape index (κ1) is 29.8. The summed E-state index contributed by atoms with van der Waals surface area (Å²) in [6, 6.07) is 20.2. The van der Waals surface area contributed by atoms with Crippen LogP contribution in [0.1, 0.15) is 35.2 Å². The van der Waals surface area contributed by atoms with Gasteiger partial charge in [-0.1, -0.05) is 59.3 Å². The topological polar surface area (TPSA) is 93.7 Å². The number of thiazole rings is 1. The van der Waals surface area contributed by atoms with Gasteiger partial charge in [-0.2, -0.15) is 18.4 Å². The van der Waals surface area contributed by atoms with Crippen LogP contribution in [0.4, 0.5) is 13.2 Å². The Kier molecular flexibility index (Phi) is 8.52. The highest BCUT2D eigenvalue weighted by molar-refractivity contribution is 7.07. The number of esters is 1. The zero-order valence-corrected chi connectivity index (χ0v) is 24.0. The van der Waals surface area contributed by atoms with E-state index in [1.54, 1.807) is 48.5 Å². The Balaban J connectivity index is 1.54. The minimum atomic E-state index is -4.99. The zero-order chi connectivity index (χ0) is 30.7. The number of alkyl halides is 3. The highest BCUT2D eigenvalue weighted by Gasteiger charge is 2.45. The Morgan fingerprint density at radius 3 is 2.37 bits per heavy atom.